The Morgan fingerprint density at radius 3 is 2.38 bits per heavy atom. The van der Waals surface area contributed by atoms with E-state index in [1.807, 2.05) is 0 Å². The Labute approximate surface area is 73.5 Å². The summed E-state index contributed by atoms with van der Waals surface area (Å²) in [7, 11) is 0. The molecule has 0 aliphatic carbocycles. The predicted octanol–water partition coefficient (Wildman–Crippen LogP) is 0.631. The fourth-order valence-electron chi connectivity index (χ4n) is 0.862. The number of rotatable bonds is 1. The zero-order chi connectivity index (χ0) is 10.0. The zero-order valence-electron chi connectivity index (χ0n) is 6.52. The first-order chi connectivity index (χ1) is 6.06. The SMILES string of the molecule is N#Cc1cc(N)c(N)cc1[N+](=O)[O-]. The van der Waals surface area contributed by atoms with Gasteiger partial charge >= 0.3 is 0 Å². The molecule has 0 atom stereocenters. The van der Waals surface area contributed by atoms with Crippen LogP contribution < -0.4 is 11.5 Å². The topological polar surface area (TPSA) is 119 Å². The molecule has 0 unspecified atom stereocenters. The lowest BCUT2D eigenvalue weighted by Crippen LogP contribution is -1.99. The largest absolute Gasteiger partial charge is 0.397 e. The molecule has 13 heavy (non-hydrogen) atoms. The molecular weight excluding hydrogens is 172 g/mol. The summed E-state index contributed by atoms with van der Waals surface area (Å²) < 4.78 is 0. The second-order valence-electron chi connectivity index (χ2n) is 2.37. The van der Waals surface area contributed by atoms with Gasteiger partial charge in [0.15, 0.2) is 0 Å². The van der Waals surface area contributed by atoms with Crippen molar-refractivity contribution in [2.75, 3.05) is 11.5 Å². The lowest BCUT2D eigenvalue weighted by Gasteiger charge is -2.00. The van der Waals surface area contributed by atoms with E-state index in [0.717, 1.165) is 6.07 Å². The van der Waals surface area contributed by atoms with Gasteiger partial charge in [0.1, 0.15) is 11.6 Å². The highest BCUT2D eigenvalue weighted by molar-refractivity contribution is 5.71. The average molecular weight is 178 g/mol. The summed E-state index contributed by atoms with van der Waals surface area (Å²) >= 11 is 0. The number of hydrogen-bond donors (Lipinski definition) is 2. The summed E-state index contributed by atoms with van der Waals surface area (Å²) in [6.45, 7) is 0. The van der Waals surface area contributed by atoms with Gasteiger partial charge in [-0.3, -0.25) is 10.1 Å². The van der Waals surface area contributed by atoms with E-state index in [1.165, 1.54) is 6.07 Å². The molecule has 6 nitrogen and oxygen atoms in total. The van der Waals surface area contributed by atoms with E-state index in [4.69, 9.17) is 16.7 Å². The lowest BCUT2D eigenvalue weighted by atomic mass is 10.1. The predicted molar refractivity (Wildman–Crippen MR) is 46.6 cm³/mol. The minimum atomic E-state index is -0.672. The summed E-state index contributed by atoms with van der Waals surface area (Å²) in [6.07, 6.45) is 0. The quantitative estimate of drug-likeness (QED) is 0.371. The maximum atomic E-state index is 10.4. The van der Waals surface area contributed by atoms with Crippen LogP contribution in [0.25, 0.3) is 0 Å². The Morgan fingerprint density at radius 2 is 1.92 bits per heavy atom. The summed E-state index contributed by atoms with van der Waals surface area (Å²) in [5, 5.41) is 18.9. The Morgan fingerprint density at radius 1 is 1.38 bits per heavy atom. The molecule has 0 heterocycles. The van der Waals surface area contributed by atoms with Crippen molar-refractivity contribution < 1.29 is 4.92 Å². The van der Waals surface area contributed by atoms with Crippen molar-refractivity contribution in [3.05, 3.63) is 27.8 Å². The number of nitriles is 1. The molecule has 66 valence electrons. The Bertz CT molecular complexity index is 408. The summed E-state index contributed by atoms with van der Waals surface area (Å²) in [4.78, 5) is 9.73. The number of nitro groups is 1. The Hall–Kier alpha value is -2.29. The van der Waals surface area contributed by atoms with Crippen molar-refractivity contribution in [2.45, 2.75) is 0 Å². The highest BCUT2D eigenvalue weighted by atomic mass is 16.6. The highest BCUT2D eigenvalue weighted by Crippen LogP contribution is 2.25. The van der Waals surface area contributed by atoms with Crippen molar-refractivity contribution in [3.63, 3.8) is 0 Å². The van der Waals surface area contributed by atoms with E-state index in [-0.39, 0.29) is 22.6 Å². The molecule has 0 saturated carbocycles. The Balaban J connectivity index is 3.44. The van der Waals surface area contributed by atoms with Crippen LogP contribution in [0, 0.1) is 21.4 Å². The first kappa shape index (κ1) is 8.80. The second-order valence-corrected chi connectivity index (χ2v) is 2.37. The first-order valence-corrected chi connectivity index (χ1v) is 3.29. The van der Waals surface area contributed by atoms with Crippen LogP contribution in [0.3, 0.4) is 0 Å². The molecule has 0 radical (unpaired) electrons. The third-order valence-electron chi connectivity index (χ3n) is 1.52. The van der Waals surface area contributed by atoms with Crippen molar-refractivity contribution in [2.24, 2.45) is 0 Å². The van der Waals surface area contributed by atoms with Crippen LogP contribution in [-0.2, 0) is 0 Å². The standard InChI is InChI=1S/C7H6N4O2/c8-3-4-1-5(9)6(10)2-7(4)11(12)13/h1-2H,9-10H2. The molecule has 0 aromatic heterocycles. The van der Waals surface area contributed by atoms with Crippen LogP contribution in [-0.4, -0.2) is 4.92 Å². The molecule has 0 spiro atoms. The molecule has 0 amide bonds. The smallest absolute Gasteiger partial charge is 0.289 e. The normalized spacial score (nSPS) is 9.15. The molecule has 0 fully saturated rings. The van der Waals surface area contributed by atoms with E-state index in [1.54, 1.807) is 6.07 Å². The second kappa shape index (κ2) is 2.98. The number of nitrogen functional groups attached to an aromatic ring is 2. The molecule has 0 saturated heterocycles. The fraction of sp³-hybridized carbons (Fsp3) is 0. The van der Waals surface area contributed by atoms with Crippen LogP contribution in [0.2, 0.25) is 0 Å². The van der Waals surface area contributed by atoms with E-state index in [2.05, 4.69) is 0 Å². The molecule has 0 aliphatic heterocycles. The molecule has 0 bridgehead atoms. The van der Waals surface area contributed by atoms with Crippen molar-refractivity contribution in [3.8, 4) is 6.07 Å². The molecule has 0 aliphatic rings. The third kappa shape index (κ3) is 1.49. The summed E-state index contributed by atoms with van der Waals surface area (Å²) in [6, 6.07) is 3.93. The van der Waals surface area contributed by atoms with Crippen molar-refractivity contribution in [1.29, 1.82) is 5.26 Å². The Kier molecular flexibility index (Phi) is 2.02. The van der Waals surface area contributed by atoms with Gasteiger partial charge in [0, 0.05) is 6.07 Å². The molecule has 4 N–H and O–H groups in total. The molecular formula is C7H6N4O2. The van der Waals surface area contributed by atoms with Crippen LogP contribution >= 0.6 is 0 Å². The van der Waals surface area contributed by atoms with Crippen molar-refractivity contribution >= 4 is 17.1 Å². The molecule has 1 aromatic rings. The van der Waals surface area contributed by atoms with E-state index in [0.29, 0.717) is 0 Å². The zero-order valence-corrected chi connectivity index (χ0v) is 6.52. The van der Waals surface area contributed by atoms with Gasteiger partial charge in [-0.05, 0) is 6.07 Å². The van der Waals surface area contributed by atoms with Gasteiger partial charge in [0.05, 0.1) is 16.3 Å². The van der Waals surface area contributed by atoms with Crippen molar-refractivity contribution in [1.82, 2.24) is 0 Å². The summed E-state index contributed by atoms with van der Waals surface area (Å²) in [5.41, 5.74) is 10.6. The van der Waals surface area contributed by atoms with Crippen LogP contribution in [0.1, 0.15) is 5.56 Å². The van der Waals surface area contributed by atoms with Gasteiger partial charge in [0.2, 0.25) is 0 Å². The lowest BCUT2D eigenvalue weighted by molar-refractivity contribution is -0.385. The van der Waals surface area contributed by atoms with Gasteiger partial charge < -0.3 is 11.5 Å². The van der Waals surface area contributed by atoms with Gasteiger partial charge in [0.25, 0.3) is 5.69 Å². The first-order valence-electron chi connectivity index (χ1n) is 3.29. The van der Waals surface area contributed by atoms with Crippen LogP contribution in [0.15, 0.2) is 12.1 Å². The fourth-order valence-corrected chi connectivity index (χ4v) is 0.862. The van der Waals surface area contributed by atoms with E-state index >= 15 is 0 Å². The van der Waals surface area contributed by atoms with Gasteiger partial charge in [-0.25, -0.2) is 0 Å². The number of nitrogens with zero attached hydrogens (tertiary/aromatic N) is 2. The van der Waals surface area contributed by atoms with Crippen LogP contribution in [0.4, 0.5) is 17.1 Å². The maximum Gasteiger partial charge on any atom is 0.289 e. The molecule has 1 rings (SSSR count). The monoisotopic (exact) mass is 178 g/mol. The maximum absolute atomic E-state index is 10.4. The number of hydrogen-bond acceptors (Lipinski definition) is 5. The molecule has 6 heteroatoms. The molecule has 1 aromatic carbocycles. The number of nitrogens with two attached hydrogens (primary N) is 2. The van der Waals surface area contributed by atoms with Gasteiger partial charge in [-0.2, -0.15) is 5.26 Å². The number of nitro benzene ring substituents is 1. The van der Waals surface area contributed by atoms with E-state index in [9.17, 15) is 10.1 Å². The van der Waals surface area contributed by atoms with Gasteiger partial charge in [-0.15, -0.1) is 0 Å². The highest BCUT2D eigenvalue weighted by Gasteiger charge is 2.15. The minimum absolute atomic E-state index is 0.0864. The number of anilines is 2. The average Bonchev–Trinajstić information content (AvgIpc) is 2.08. The minimum Gasteiger partial charge on any atom is -0.397 e. The van der Waals surface area contributed by atoms with Gasteiger partial charge in [-0.1, -0.05) is 0 Å². The van der Waals surface area contributed by atoms with Crippen LogP contribution in [0.5, 0.6) is 0 Å². The van der Waals surface area contributed by atoms with E-state index < -0.39 is 4.92 Å². The number of benzene rings is 1. The third-order valence-corrected chi connectivity index (χ3v) is 1.52. The summed E-state index contributed by atoms with van der Waals surface area (Å²) in [5.74, 6) is 0.